The maximum absolute atomic E-state index is 13.1. The van der Waals surface area contributed by atoms with Gasteiger partial charge in [-0.2, -0.15) is 26.3 Å². The van der Waals surface area contributed by atoms with Crippen LogP contribution < -0.4 is 10.2 Å². The van der Waals surface area contributed by atoms with Crippen LogP contribution in [-0.4, -0.2) is 17.6 Å². The molecule has 0 aromatic heterocycles. The molecule has 0 bridgehead atoms. The Kier molecular flexibility index (Phi) is 6.78. The summed E-state index contributed by atoms with van der Waals surface area (Å²) in [5.41, 5.74) is -1.29. The summed E-state index contributed by atoms with van der Waals surface area (Å²) in [5, 5.41) is 2.00. The SMILES string of the molecule is Cc1cccc(N2C(=O)CS[C@H]2c2ccc(NC(=O)c3cc(C(F)(F)F)cc(C(F)(F)F)c3)cc2)c1. The molecule has 188 valence electrons. The van der Waals surface area contributed by atoms with E-state index >= 15 is 0 Å². The number of aryl methyl sites for hydroxylation is 1. The second-order valence-corrected chi connectivity index (χ2v) is 9.21. The largest absolute Gasteiger partial charge is 0.416 e. The van der Waals surface area contributed by atoms with E-state index in [2.05, 4.69) is 5.32 Å². The Morgan fingerprint density at radius 3 is 2.08 bits per heavy atom. The zero-order chi connectivity index (χ0) is 26.3. The first kappa shape index (κ1) is 25.6. The molecule has 3 aromatic carbocycles. The van der Waals surface area contributed by atoms with Crippen LogP contribution in [0.2, 0.25) is 0 Å². The normalized spacial score (nSPS) is 16.4. The highest BCUT2D eigenvalue weighted by atomic mass is 32.2. The standard InChI is InChI=1S/C25H18F6N2O2S/c1-14-3-2-4-20(9-14)33-21(34)13-36-23(33)15-5-7-19(8-6-15)32-22(35)16-10-17(24(26,27)28)12-18(11-16)25(29,30)31/h2-12,23H,13H2,1H3,(H,32,35)/t23-/m0/s1. The molecule has 1 heterocycles. The number of hydrogen-bond donors (Lipinski definition) is 1. The lowest BCUT2D eigenvalue weighted by atomic mass is 10.0. The number of rotatable bonds is 4. The van der Waals surface area contributed by atoms with Crippen molar-refractivity contribution < 1.29 is 35.9 Å². The first-order valence-corrected chi connectivity index (χ1v) is 11.6. The van der Waals surface area contributed by atoms with Crippen LogP contribution >= 0.6 is 11.8 Å². The van der Waals surface area contributed by atoms with Gasteiger partial charge in [-0.1, -0.05) is 24.3 Å². The van der Waals surface area contributed by atoms with E-state index < -0.39 is 35.0 Å². The lowest BCUT2D eigenvalue weighted by molar-refractivity contribution is -0.143. The molecule has 0 radical (unpaired) electrons. The van der Waals surface area contributed by atoms with Gasteiger partial charge in [-0.25, -0.2) is 0 Å². The number of nitrogens with one attached hydrogen (secondary N) is 1. The maximum Gasteiger partial charge on any atom is 0.416 e. The van der Waals surface area contributed by atoms with E-state index in [1.807, 2.05) is 31.2 Å². The van der Waals surface area contributed by atoms with E-state index in [9.17, 15) is 35.9 Å². The maximum atomic E-state index is 13.1. The van der Waals surface area contributed by atoms with E-state index in [0.717, 1.165) is 16.8 Å². The minimum atomic E-state index is -5.06. The van der Waals surface area contributed by atoms with Crippen LogP contribution in [0.3, 0.4) is 0 Å². The van der Waals surface area contributed by atoms with Crippen molar-refractivity contribution in [3.8, 4) is 0 Å². The van der Waals surface area contributed by atoms with Crippen LogP contribution in [-0.2, 0) is 17.1 Å². The molecule has 11 heteroatoms. The van der Waals surface area contributed by atoms with Gasteiger partial charge in [0.2, 0.25) is 5.91 Å². The van der Waals surface area contributed by atoms with Crippen molar-refractivity contribution >= 4 is 35.0 Å². The third kappa shape index (κ3) is 5.51. The van der Waals surface area contributed by atoms with Crippen LogP contribution in [0.15, 0.2) is 66.7 Å². The number of thioether (sulfide) groups is 1. The highest BCUT2D eigenvalue weighted by Crippen LogP contribution is 2.42. The summed E-state index contributed by atoms with van der Waals surface area (Å²) in [7, 11) is 0. The van der Waals surface area contributed by atoms with E-state index in [1.165, 1.54) is 23.9 Å². The van der Waals surface area contributed by atoms with Crippen molar-refractivity contribution in [1.82, 2.24) is 0 Å². The lowest BCUT2D eigenvalue weighted by Crippen LogP contribution is -2.27. The number of hydrogen-bond acceptors (Lipinski definition) is 3. The van der Waals surface area contributed by atoms with E-state index in [1.54, 1.807) is 17.0 Å². The molecular formula is C25H18F6N2O2S. The number of carbonyl (C=O) groups excluding carboxylic acids is 2. The molecule has 4 rings (SSSR count). The van der Waals surface area contributed by atoms with Gasteiger partial charge in [0.05, 0.1) is 16.9 Å². The second-order valence-electron chi connectivity index (χ2n) is 8.14. The predicted octanol–water partition coefficient (Wildman–Crippen LogP) is 7.06. The highest BCUT2D eigenvalue weighted by molar-refractivity contribution is 8.00. The molecule has 1 saturated heterocycles. The molecule has 4 nitrogen and oxygen atoms in total. The average molecular weight is 524 g/mol. The Balaban J connectivity index is 1.56. The molecule has 0 spiro atoms. The third-order valence-corrected chi connectivity index (χ3v) is 6.66. The fraction of sp³-hybridized carbons (Fsp3) is 0.200. The fourth-order valence-electron chi connectivity index (χ4n) is 3.75. The number of alkyl halides is 6. The number of anilines is 2. The molecule has 1 fully saturated rings. The molecule has 1 aliphatic heterocycles. The van der Waals surface area contributed by atoms with Crippen LogP contribution in [0.4, 0.5) is 37.7 Å². The first-order chi connectivity index (χ1) is 16.8. The van der Waals surface area contributed by atoms with Crippen molar-refractivity contribution in [3.05, 3.63) is 94.5 Å². The minimum absolute atomic E-state index is 0.0356. The molecule has 36 heavy (non-hydrogen) atoms. The Bertz CT molecular complexity index is 1270. The Morgan fingerprint density at radius 2 is 1.53 bits per heavy atom. The summed E-state index contributed by atoms with van der Waals surface area (Å²) in [6, 6.07) is 14.4. The number of amides is 2. The van der Waals surface area contributed by atoms with Crippen molar-refractivity contribution in [3.63, 3.8) is 0 Å². The van der Waals surface area contributed by atoms with Crippen LogP contribution in [0.5, 0.6) is 0 Å². The van der Waals surface area contributed by atoms with Gasteiger partial charge in [-0.15, -0.1) is 11.8 Å². The average Bonchev–Trinajstić information content (AvgIpc) is 3.19. The number of halogens is 6. The van der Waals surface area contributed by atoms with Gasteiger partial charge in [-0.05, 0) is 60.5 Å². The Labute approximate surface area is 206 Å². The molecule has 3 aromatic rings. The van der Waals surface area contributed by atoms with E-state index in [-0.39, 0.29) is 28.8 Å². The molecule has 2 amide bonds. The summed E-state index contributed by atoms with van der Waals surface area (Å²) in [4.78, 5) is 26.7. The third-order valence-electron chi connectivity index (χ3n) is 5.45. The molecule has 0 unspecified atom stereocenters. The number of benzene rings is 3. The van der Waals surface area contributed by atoms with Crippen molar-refractivity contribution in [2.75, 3.05) is 16.0 Å². The van der Waals surface area contributed by atoms with Crippen molar-refractivity contribution in [2.24, 2.45) is 0 Å². The topological polar surface area (TPSA) is 49.4 Å². The second kappa shape index (κ2) is 9.53. The molecule has 1 aliphatic rings. The predicted molar refractivity (Wildman–Crippen MR) is 125 cm³/mol. The smallest absolute Gasteiger partial charge is 0.322 e. The van der Waals surface area contributed by atoms with Gasteiger partial charge in [0.15, 0.2) is 0 Å². The monoisotopic (exact) mass is 524 g/mol. The van der Waals surface area contributed by atoms with Gasteiger partial charge in [-0.3, -0.25) is 14.5 Å². The van der Waals surface area contributed by atoms with Gasteiger partial charge in [0, 0.05) is 16.9 Å². The molecule has 1 atom stereocenters. The van der Waals surface area contributed by atoms with Crippen molar-refractivity contribution in [2.45, 2.75) is 24.7 Å². The lowest BCUT2D eigenvalue weighted by Gasteiger charge is -2.25. The molecule has 0 saturated carbocycles. The summed E-state index contributed by atoms with van der Waals surface area (Å²) in [5.74, 6) is -0.919. The highest BCUT2D eigenvalue weighted by Gasteiger charge is 2.38. The molecular weight excluding hydrogens is 506 g/mol. The number of nitrogens with zero attached hydrogens (tertiary/aromatic N) is 1. The Hall–Kier alpha value is -3.47. The van der Waals surface area contributed by atoms with Gasteiger partial charge in [0.1, 0.15) is 5.37 Å². The zero-order valence-electron chi connectivity index (χ0n) is 18.6. The van der Waals surface area contributed by atoms with Crippen LogP contribution in [0.1, 0.15) is 38.0 Å². The van der Waals surface area contributed by atoms with Crippen LogP contribution in [0.25, 0.3) is 0 Å². The number of carbonyl (C=O) groups is 2. The Morgan fingerprint density at radius 1 is 0.917 bits per heavy atom. The van der Waals surface area contributed by atoms with Gasteiger partial charge in [0.25, 0.3) is 5.91 Å². The van der Waals surface area contributed by atoms with Crippen molar-refractivity contribution in [1.29, 1.82) is 0 Å². The zero-order valence-corrected chi connectivity index (χ0v) is 19.4. The molecule has 0 aliphatic carbocycles. The summed E-state index contributed by atoms with van der Waals surface area (Å²) in [6.45, 7) is 1.91. The van der Waals surface area contributed by atoms with Gasteiger partial charge >= 0.3 is 12.4 Å². The summed E-state index contributed by atoms with van der Waals surface area (Å²) in [6.07, 6.45) is -10.1. The summed E-state index contributed by atoms with van der Waals surface area (Å²) >= 11 is 1.41. The van der Waals surface area contributed by atoms with E-state index in [0.29, 0.717) is 12.1 Å². The van der Waals surface area contributed by atoms with E-state index in [4.69, 9.17) is 0 Å². The fourth-order valence-corrected chi connectivity index (χ4v) is 4.93. The van der Waals surface area contributed by atoms with Crippen LogP contribution in [0, 0.1) is 6.92 Å². The minimum Gasteiger partial charge on any atom is -0.322 e. The molecule has 1 N–H and O–H groups in total. The first-order valence-electron chi connectivity index (χ1n) is 10.5. The summed E-state index contributed by atoms with van der Waals surface area (Å²) < 4.78 is 78.6. The quantitative estimate of drug-likeness (QED) is 0.372. The van der Waals surface area contributed by atoms with Gasteiger partial charge < -0.3 is 5.32 Å².